The van der Waals surface area contributed by atoms with E-state index in [0.717, 1.165) is 36.9 Å². The molecule has 4 rings (SSSR count). The van der Waals surface area contributed by atoms with Crippen molar-refractivity contribution in [2.75, 3.05) is 17.7 Å². The number of aromatic nitrogens is 4. The van der Waals surface area contributed by atoms with E-state index in [4.69, 9.17) is 5.73 Å². The van der Waals surface area contributed by atoms with Gasteiger partial charge in [0.2, 0.25) is 10.1 Å². The number of hydrogen-bond acceptors (Lipinski definition) is 7. The number of aliphatic hydroxyl groups is 1. The molecule has 0 aliphatic heterocycles. The normalized spacial score (nSPS) is 20.6. The van der Waals surface area contributed by atoms with Crippen molar-refractivity contribution in [3.8, 4) is 11.3 Å². The van der Waals surface area contributed by atoms with Crippen LogP contribution in [-0.2, 0) is 6.18 Å². The van der Waals surface area contributed by atoms with E-state index in [0.29, 0.717) is 10.7 Å². The lowest BCUT2D eigenvalue weighted by atomic mass is 9.92. The van der Waals surface area contributed by atoms with E-state index in [1.54, 1.807) is 0 Å². The molecule has 0 atom stereocenters. The van der Waals surface area contributed by atoms with E-state index in [2.05, 4.69) is 20.0 Å². The molecule has 3 aromatic heterocycles. The fourth-order valence-electron chi connectivity index (χ4n) is 3.47. The Balaban J connectivity index is 1.67. The second kappa shape index (κ2) is 6.89. The molecule has 0 amide bonds. The van der Waals surface area contributed by atoms with Crippen LogP contribution in [0, 0.1) is 0 Å². The average Bonchev–Trinajstić information content (AvgIpc) is 3.22. The van der Waals surface area contributed by atoms with Gasteiger partial charge < -0.3 is 15.7 Å². The van der Waals surface area contributed by atoms with Crippen LogP contribution in [0.5, 0.6) is 0 Å². The standard InChI is InChI=1S/C17H19F3N6OS/c1-25(10-2-4-11(27)5-3-10)16-24-26-13(8-23-15(26)28-16)9-6-12(17(18,19)20)14(21)22-7-9/h6-8,10-11,27H,2-5H2,1H3,(H2,21,22). The predicted octanol–water partition coefficient (Wildman–Crippen LogP) is 3.19. The first-order valence-corrected chi connectivity index (χ1v) is 9.64. The molecule has 150 valence electrons. The van der Waals surface area contributed by atoms with E-state index in [1.165, 1.54) is 28.2 Å². The molecule has 0 radical (unpaired) electrons. The number of alkyl halides is 3. The topological polar surface area (TPSA) is 92.6 Å². The summed E-state index contributed by atoms with van der Waals surface area (Å²) in [7, 11) is 1.94. The molecule has 7 nitrogen and oxygen atoms in total. The van der Waals surface area contributed by atoms with Gasteiger partial charge in [-0.25, -0.2) is 14.5 Å². The number of nitrogens with zero attached hydrogens (tertiary/aromatic N) is 5. The molecule has 3 aromatic rings. The molecule has 0 unspecified atom stereocenters. The molecule has 1 fully saturated rings. The summed E-state index contributed by atoms with van der Waals surface area (Å²) >= 11 is 1.37. The van der Waals surface area contributed by atoms with Gasteiger partial charge in [0.15, 0.2) is 0 Å². The Morgan fingerprint density at radius 2 is 1.93 bits per heavy atom. The summed E-state index contributed by atoms with van der Waals surface area (Å²) in [4.78, 5) is 10.6. The van der Waals surface area contributed by atoms with Crippen LogP contribution in [0.1, 0.15) is 31.2 Å². The van der Waals surface area contributed by atoms with Crippen LogP contribution < -0.4 is 10.6 Å². The van der Waals surface area contributed by atoms with Crippen molar-refractivity contribution < 1.29 is 18.3 Å². The number of aliphatic hydroxyl groups excluding tert-OH is 1. The van der Waals surface area contributed by atoms with Crippen LogP contribution in [0.25, 0.3) is 16.2 Å². The molecule has 0 spiro atoms. The molecule has 1 saturated carbocycles. The Morgan fingerprint density at radius 3 is 2.61 bits per heavy atom. The van der Waals surface area contributed by atoms with E-state index in [9.17, 15) is 18.3 Å². The van der Waals surface area contributed by atoms with E-state index >= 15 is 0 Å². The van der Waals surface area contributed by atoms with Gasteiger partial charge in [0.25, 0.3) is 0 Å². The highest BCUT2D eigenvalue weighted by Gasteiger charge is 2.34. The van der Waals surface area contributed by atoms with Gasteiger partial charge in [-0.05, 0) is 31.7 Å². The van der Waals surface area contributed by atoms with Crippen molar-refractivity contribution in [2.24, 2.45) is 0 Å². The van der Waals surface area contributed by atoms with Gasteiger partial charge in [0.05, 0.1) is 23.6 Å². The minimum atomic E-state index is -4.59. The number of rotatable bonds is 3. The maximum atomic E-state index is 13.1. The van der Waals surface area contributed by atoms with Gasteiger partial charge in [-0.2, -0.15) is 13.2 Å². The largest absolute Gasteiger partial charge is 0.419 e. The van der Waals surface area contributed by atoms with Crippen molar-refractivity contribution in [2.45, 2.75) is 44.0 Å². The number of pyridine rings is 1. The Hall–Kier alpha value is -2.40. The smallest absolute Gasteiger partial charge is 0.393 e. The minimum Gasteiger partial charge on any atom is -0.393 e. The zero-order valence-electron chi connectivity index (χ0n) is 15.0. The van der Waals surface area contributed by atoms with Crippen molar-refractivity contribution >= 4 is 27.2 Å². The van der Waals surface area contributed by atoms with Crippen molar-refractivity contribution in [3.05, 3.63) is 24.0 Å². The number of fused-ring (bicyclic) bond motifs is 1. The molecule has 0 saturated heterocycles. The van der Waals surface area contributed by atoms with Crippen LogP contribution in [0.3, 0.4) is 0 Å². The van der Waals surface area contributed by atoms with Crippen molar-refractivity contribution in [1.29, 1.82) is 0 Å². The highest BCUT2D eigenvalue weighted by atomic mass is 32.1. The predicted molar refractivity (Wildman–Crippen MR) is 100 cm³/mol. The molecule has 11 heteroatoms. The zero-order chi connectivity index (χ0) is 20.1. The lowest BCUT2D eigenvalue weighted by molar-refractivity contribution is -0.137. The quantitative estimate of drug-likeness (QED) is 0.686. The SMILES string of the molecule is CN(c1nn2c(-c3cnc(N)c(C(F)(F)F)c3)cnc2s1)C1CCC(O)CC1. The summed E-state index contributed by atoms with van der Waals surface area (Å²) in [6.07, 6.45) is 1.17. The van der Waals surface area contributed by atoms with Crippen molar-refractivity contribution in [1.82, 2.24) is 19.6 Å². The van der Waals surface area contributed by atoms with E-state index in [-0.39, 0.29) is 17.7 Å². The molecule has 3 N–H and O–H groups in total. The summed E-state index contributed by atoms with van der Waals surface area (Å²) in [5, 5.41) is 15.0. The molecule has 28 heavy (non-hydrogen) atoms. The second-order valence-electron chi connectivity index (χ2n) is 6.95. The van der Waals surface area contributed by atoms with Gasteiger partial charge in [0, 0.05) is 24.8 Å². The Kier molecular flexibility index (Phi) is 4.66. The van der Waals surface area contributed by atoms with Crippen LogP contribution in [0.15, 0.2) is 18.5 Å². The maximum Gasteiger partial charge on any atom is 0.419 e. The first-order chi connectivity index (χ1) is 13.2. The number of nitrogen functional groups attached to an aromatic ring is 1. The Labute approximate surface area is 162 Å². The van der Waals surface area contributed by atoms with Crippen LogP contribution in [0.4, 0.5) is 24.1 Å². The Bertz CT molecular complexity index is 993. The third kappa shape index (κ3) is 3.39. The average molecular weight is 412 g/mol. The van der Waals surface area contributed by atoms with Crippen LogP contribution in [0.2, 0.25) is 0 Å². The number of nitrogens with two attached hydrogens (primary N) is 1. The molecule has 0 bridgehead atoms. The first kappa shape index (κ1) is 18.9. The fourth-order valence-corrected chi connectivity index (χ4v) is 4.38. The molecular formula is C17H19F3N6OS. The number of imidazole rings is 1. The van der Waals surface area contributed by atoms with Gasteiger partial charge in [-0.3, -0.25) is 0 Å². The van der Waals surface area contributed by atoms with Gasteiger partial charge in [-0.15, -0.1) is 5.10 Å². The monoisotopic (exact) mass is 412 g/mol. The second-order valence-corrected chi connectivity index (χ2v) is 7.88. The number of hydrogen-bond donors (Lipinski definition) is 2. The van der Waals surface area contributed by atoms with Gasteiger partial charge in [0.1, 0.15) is 5.82 Å². The summed E-state index contributed by atoms with van der Waals surface area (Å²) < 4.78 is 41.0. The van der Waals surface area contributed by atoms with E-state index < -0.39 is 17.6 Å². The molecule has 3 heterocycles. The lowest BCUT2D eigenvalue weighted by Gasteiger charge is -2.32. The van der Waals surface area contributed by atoms with E-state index in [1.807, 2.05) is 7.05 Å². The minimum absolute atomic E-state index is 0.245. The highest BCUT2D eigenvalue weighted by Crippen LogP contribution is 2.36. The van der Waals surface area contributed by atoms with Crippen LogP contribution >= 0.6 is 11.3 Å². The van der Waals surface area contributed by atoms with Crippen molar-refractivity contribution in [3.63, 3.8) is 0 Å². The highest BCUT2D eigenvalue weighted by molar-refractivity contribution is 7.20. The number of anilines is 2. The van der Waals surface area contributed by atoms with Gasteiger partial charge >= 0.3 is 6.18 Å². The molecular weight excluding hydrogens is 393 g/mol. The molecule has 1 aliphatic carbocycles. The van der Waals surface area contributed by atoms with Crippen LogP contribution in [-0.4, -0.2) is 43.9 Å². The third-order valence-corrected chi connectivity index (χ3v) is 6.12. The lowest BCUT2D eigenvalue weighted by Crippen LogP contribution is -2.36. The zero-order valence-corrected chi connectivity index (χ0v) is 15.8. The summed E-state index contributed by atoms with van der Waals surface area (Å²) in [5.74, 6) is -0.560. The fraction of sp³-hybridized carbons (Fsp3) is 0.471. The summed E-state index contributed by atoms with van der Waals surface area (Å²) in [6, 6.07) is 1.23. The Morgan fingerprint density at radius 1 is 1.21 bits per heavy atom. The maximum absolute atomic E-state index is 13.1. The third-order valence-electron chi connectivity index (χ3n) is 5.11. The first-order valence-electron chi connectivity index (χ1n) is 8.82. The number of halogens is 3. The summed E-state index contributed by atoms with van der Waals surface area (Å²) in [5.41, 5.74) is 5.07. The molecule has 0 aromatic carbocycles. The summed E-state index contributed by atoms with van der Waals surface area (Å²) in [6.45, 7) is 0. The van der Waals surface area contributed by atoms with Gasteiger partial charge in [-0.1, -0.05) is 11.3 Å². The molecule has 1 aliphatic rings.